The van der Waals surface area contributed by atoms with Gasteiger partial charge < -0.3 is 10.6 Å². The minimum atomic E-state index is -0.398. The first-order valence-electron chi connectivity index (χ1n) is 5.49. The Morgan fingerprint density at radius 2 is 2.05 bits per heavy atom. The number of anilines is 1. The minimum Gasteiger partial charge on any atom is -0.343 e. The molecule has 0 spiro atoms. The van der Waals surface area contributed by atoms with Crippen molar-refractivity contribution in [2.24, 2.45) is 0 Å². The van der Waals surface area contributed by atoms with Gasteiger partial charge in [-0.3, -0.25) is 14.7 Å². The predicted molar refractivity (Wildman–Crippen MR) is 71.0 cm³/mol. The first-order valence-corrected chi connectivity index (χ1v) is 5.86. The van der Waals surface area contributed by atoms with Crippen LogP contribution in [0.3, 0.4) is 0 Å². The minimum absolute atomic E-state index is 0.150. The van der Waals surface area contributed by atoms with E-state index in [1.54, 1.807) is 30.3 Å². The van der Waals surface area contributed by atoms with Crippen molar-refractivity contribution in [1.82, 2.24) is 15.5 Å². The first-order chi connectivity index (χ1) is 9.16. The van der Waals surface area contributed by atoms with Crippen molar-refractivity contribution < 1.29 is 9.59 Å². The van der Waals surface area contributed by atoms with Crippen molar-refractivity contribution in [3.05, 3.63) is 47.1 Å². The van der Waals surface area contributed by atoms with Crippen LogP contribution in [0.2, 0.25) is 5.02 Å². The lowest BCUT2D eigenvalue weighted by Gasteiger charge is -2.06. The second kappa shape index (κ2) is 6.01. The Labute approximate surface area is 114 Å². The van der Waals surface area contributed by atoms with E-state index in [9.17, 15) is 9.59 Å². The molecule has 2 aromatic rings. The Kier molecular flexibility index (Phi) is 4.15. The van der Waals surface area contributed by atoms with E-state index in [1.807, 2.05) is 0 Å². The number of nitrogens with one attached hydrogen (secondary N) is 3. The van der Waals surface area contributed by atoms with Gasteiger partial charge in [0.2, 0.25) is 5.91 Å². The molecule has 0 fully saturated rings. The summed E-state index contributed by atoms with van der Waals surface area (Å²) in [7, 11) is 0. The molecular weight excluding hydrogens is 268 g/mol. The molecule has 0 aliphatic rings. The molecule has 1 aromatic heterocycles. The summed E-state index contributed by atoms with van der Waals surface area (Å²) in [4.78, 5) is 23.3. The molecule has 0 bridgehead atoms. The zero-order chi connectivity index (χ0) is 13.7. The lowest BCUT2D eigenvalue weighted by Crippen LogP contribution is -2.33. The van der Waals surface area contributed by atoms with Crippen molar-refractivity contribution in [3.63, 3.8) is 0 Å². The highest BCUT2D eigenvalue weighted by atomic mass is 35.5. The van der Waals surface area contributed by atoms with Gasteiger partial charge in [-0.1, -0.05) is 23.7 Å². The third-order valence-corrected chi connectivity index (χ3v) is 2.63. The van der Waals surface area contributed by atoms with E-state index < -0.39 is 5.91 Å². The molecule has 6 nitrogen and oxygen atoms in total. The molecule has 0 saturated heterocycles. The van der Waals surface area contributed by atoms with Crippen LogP contribution >= 0.6 is 11.6 Å². The Morgan fingerprint density at radius 1 is 1.26 bits per heavy atom. The van der Waals surface area contributed by atoms with Gasteiger partial charge in [-0.15, -0.1) is 0 Å². The van der Waals surface area contributed by atoms with Crippen molar-refractivity contribution >= 4 is 29.2 Å². The number of aromatic nitrogens is 2. The topological polar surface area (TPSA) is 86.9 Å². The van der Waals surface area contributed by atoms with E-state index >= 15 is 0 Å². The monoisotopic (exact) mass is 278 g/mol. The third-order valence-electron chi connectivity index (χ3n) is 2.30. The fourth-order valence-electron chi connectivity index (χ4n) is 1.42. The van der Waals surface area contributed by atoms with Crippen LogP contribution in [0.4, 0.5) is 5.82 Å². The van der Waals surface area contributed by atoms with Crippen LogP contribution < -0.4 is 10.6 Å². The van der Waals surface area contributed by atoms with Gasteiger partial charge >= 0.3 is 0 Å². The molecule has 2 amide bonds. The second-order valence-corrected chi connectivity index (χ2v) is 4.09. The van der Waals surface area contributed by atoms with Gasteiger partial charge in [-0.05, 0) is 12.1 Å². The zero-order valence-electron chi connectivity index (χ0n) is 9.81. The number of aromatic amines is 1. The van der Waals surface area contributed by atoms with Crippen LogP contribution in [0.15, 0.2) is 36.5 Å². The average molecular weight is 279 g/mol. The number of H-pyrrole nitrogens is 1. The molecule has 0 unspecified atom stereocenters. The van der Waals surface area contributed by atoms with Crippen molar-refractivity contribution in [2.75, 3.05) is 11.9 Å². The predicted octanol–water partition coefficient (Wildman–Crippen LogP) is 1.43. The fraction of sp³-hybridized carbons (Fsp3) is 0.0833. The fourth-order valence-corrected chi connectivity index (χ4v) is 1.64. The number of amides is 2. The van der Waals surface area contributed by atoms with Gasteiger partial charge in [0.1, 0.15) is 5.82 Å². The molecule has 3 N–H and O–H groups in total. The molecule has 2 rings (SSSR count). The van der Waals surface area contributed by atoms with Crippen LogP contribution in [-0.2, 0) is 4.79 Å². The van der Waals surface area contributed by atoms with E-state index in [1.165, 1.54) is 6.20 Å². The van der Waals surface area contributed by atoms with Gasteiger partial charge in [0.05, 0.1) is 23.3 Å². The Balaban J connectivity index is 1.87. The summed E-state index contributed by atoms with van der Waals surface area (Å²) in [6, 6.07) is 8.23. The van der Waals surface area contributed by atoms with E-state index in [2.05, 4.69) is 20.8 Å². The van der Waals surface area contributed by atoms with Crippen LogP contribution in [0.5, 0.6) is 0 Å². The molecule has 0 saturated carbocycles. The summed E-state index contributed by atoms with van der Waals surface area (Å²) in [6.07, 6.45) is 1.51. The number of carbonyl (C=O) groups excluding carboxylic acids is 2. The Morgan fingerprint density at radius 3 is 2.74 bits per heavy atom. The smallest absolute Gasteiger partial charge is 0.253 e. The number of nitrogens with zero attached hydrogens (tertiary/aromatic N) is 1. The van der Waals surface area contributed by atoms with Crippen LogP contribution in [0.25, 0.3) is 0 Å². The van der Waals surface area contributed by atoms with Gasteiger partial charge in [-0.25, -0.2) is 0 Å². The molecule has 1 heterocycles. The first kappa shape index (κ1) is 13.1. The van der Waals surface area contributed by atoms with E-state index in [0.29, 0.717) is 16.4 Å². The van der Waals surface area contributed by atoms with Crippen molar-refractivity contribution in [2.45, 2.75) is 0 Å². The molecule has 0 aliphatic carbocycles. The quantitative estimate of drug-likeness (QED) is 0.791. The SMILES string of the molecule is O=C(CNC(=O)c1ccccc1Cl)Nc1ccn[nH]1. The molecule has 19 heavy (non-hydrogen) atoms. The van der Waals surface area contributed by atoms with Gasteiger partial charge in [0.15, 0.2) is 0 Å². The highest BCUT2D eigenvalue weighted by Gasteiger charge is 2.11. The summed E-state index contributed by atoms with van der Waals surface area (Å²) < 4.78 is 0. The van der Waals surface area contributed by atoms with Crippen molar-refractivity contribution in [3.8, 4) is 0 Å². The zero-order valence-corrected chi connectivity index (χ0v) is 10.6. The summed E-state index contributed by atoms with van der Waals surface area (Å²) in [5.74, 6) is -0.285. The molecule has 0 radical (unpaired) electrons. The maximum atomic E-state index is 11.8. The number of carbonyl (C=O) groups is 2. The lowest BCUT2D eigenvalue weighted by molar-refractivity contribution is -0.115. The highest BCUT2D eigenvalue weighted by molar-refractivity contribution is 6.33. The Hall–Kier alpha value is -2.34. The number of hydrogen-bond acceptors (Lipinski definition) is 3. The molecule has 0 atom stereocenters. The summed E-state index contributed by atoms with van der Waals surface area (Å²) in [5, 5.41) is 11.6. The summed E-state index contributed by atoms with van der Waals surface area (Å²) >= 11 is 5.87. The molecule has 98 valence electrons. The lowest BCUT2D eigenvalue weighted by atomic mass is 10.2. The molecular formula is C12H11ClN4O2. The van der Waals surface area contributed by atoms with E-state index in [4.69, 9.17) is 11.6 Å². The number of halogens is 1. The molecule has 0 aliphatic heterocycles. The Bertz CT molecular complexity index is 583. The second-order valence-electron chi connectivity index (χ2n) is 3.68. The van der Waals surface area contributed by atoms with Crippen molar-refractivity contribution in [1.29, 1.82) is 0 Å². The van der Waals surface area contributed by atoms with Crippen LogP contribution in [-0.4, -0.2) is 28.6 Å². The largest absolute Gasteiger partial charge is 0.343 e. The van der Waals surface area contributed by atoms with Crippen LogP contribution in [0, 0.1) is 0 Å². The maximum absolute atomic E-state index is 11.8. The van der Waals surface area contributed by atoms with Gasteiger partial charge in [-0.2, -0.15) is 5.10 Å². The third kappa shape index (κ3) is 3.56. The summed E-state index contributed by atoms with van der Waals surface area (Å²) in [6.45, 7) is -0.150. The number of benzene rings is 1. The van der Waals surface area contributed by atoms with E-state index in [-0.39, 0.29) is 12.5 Å². The number of rotatable bonds is 4. The van der Waals surface area contributed by atoms with Crippen LogP contribution in [0.1, 0.15) is 10.4 Å². The standard InChI is InChI=1S/C12H11ClN4O2/c13-9-4-2-1-3-8(9)12(19)14-7-11(18)16-10-5-6-15-17-10/h1-6H,7H2,(H,14,19)(H2,15,16,17,18). The normalized spacial score (nSPS) is 9.95. The summed E-state index contributed by atoms with van der Waals surface area (Å²) in [5.41, 5.74) is 0.332. The average Bonchev–Trinajstić information content (AvgIpc) is 2.89. The maximum Gasteiger partial charge on any atom is 0.253 e. The van der Waals surface area contributed by atoms with E-state index in [0.717, 1.165) is 0 Å². The van der Waals surface area contributed by atoms with Gasteiger partial charge in [0, 0.05) is 6.07 Å². The highest BCUT2D eigenvalue weighted by Crippen LogP contribution is 2.14. The molecule has 1 aromatic carbocycles. The van der Waals surface area contributed by atoms with Gasteiger partial charge in [0.25, 0.3) is 5.91 Å². The number of hydrogen-bond donors (Lipinski definition) is 3. The molecule has 7 heteroatoms.